The Hall–Kier alpha value is -0.530. The molecule has 0 aromatic carbocycles. The summed E-state index contributed by atoms with van der Waals surface area (Å²) >= 11 is 0. The highest BCUT2D eigenvalue weighted by Crippen LogP contribution is 2.67. The zero-order valence-corrected chi connectivity index (χ0v) is 14.5. The average Bonchev–Trinajstić information content (AvgIpc) is 2.89. The van der Waals surface area contributed by atoms with Gasteiger partial charge in [0.05, 0.1) is 0 Å². The molecule has 1 N–H and O–H groups in total. The second-order valence-electron chi connectivity index (χ2n) is 9.53. The molecule has 2 nitrogen and oxygen atoms in total. The van der Waals surface area contributed by atoms with Gasteiger partial charge in [-0.15, -0.1) is 0 Å². The molecule has 4 saturated carbocycles. The Balaban J connectivity index is 1.39. The van der Waals surface area contributed by atoms with Gasteiger partial charge in [-0.05, 0) is 73.5 Å². The third kappa shape index (κ3) is 2.01. The van der Waals surface area contributed by atoms with Crippen molar-refractivity contribution in [2.75, 3.05) is 0 Å². The van der Waals surface area contributed by atoms with E-state index in [1.54, 1.807) is 0 Å². The molecule has 2 heteroatoms. The van der Waals surface area contributed by atoms with Gasteiger partial charge in [-0.25, -0.2) is 0 Å². The SMILES string of the molecule is CC1(C)C2CCC1(CC(=O)NC1CCC13CCCCC3)CC2. The zero-order chi connectivity index (χ0) is 15.4. The highest BCUT2D eigenvalue weighted by molar-refractivity contribution is 5.77. The smallest absolute Gasteiger partial charge is 0.220 e. The van der Waals surface area contributed by atoms with Crippen molar-refractivity contribution in [2.24, 2.45) is 22.2 Å². The van der Waals surface area contributed by atoms with E-state index in [2.05, 4.69) is 19.2 Å². The molecule has 0 saturated heterocycles. The maximum atomic E-state index is 12.8. The van der Waals surface area contributed by atoms with Crippen molar-refractivity contribution in [3.63, 3.8) is 0 Å². The van der Waals surface area contributed by atoms with Gasteiger partial charge in [-0.1, -0.05) is 33.1 Å². The molecule has 1 amide bonds. The van der Waals surface area contributed by atoms with Crippen molar-refractivity contribution >= 4 is 5.91 Å². The first kappa shape index (κ1) is 15.0. The minimum Gasteiger partial charge on any atom is -0.353 e. The lowest BCUT2D eigenvalue weighted by Gasteiger charge is -2.52. The molecule has 0 heterocycles. The van der Waals surface area contributed by atoms with E-state index in [-0.39, 0.29) is 0 Å². The summed E-state index contributed by atoms with van der Waals surface area (Å²) < 4.78 is 0. The number of rotatable bonds is 3. The molecule has 124 valence electrons. The Morgan fingerprint density at radius 2 is 1.64 bits per heavy atom. The van der Waals surface area contributed by atoms with Gasteiger partial charge in [0.2, 0.25) is 5.91 Å². The molecule has 1 spiro atoms. The molecule has 4 fully saturated rings. The topological polar surface area (TPSA) is 29.1 Å². The standard InChI is InChI=1S/C20H33NO/c1-18(2)15-6-12-20(18,13-7-15)14-17(22)21-16-8-11-19(16)9-4-3-5-10-19/h15-16H,3-14H2,1-2H3,(H,21,22). The second-order valence-corrected chi connectivity index (χ2v) is 9.53. The second kappa shape index (κ2) is 4.98. The van der Waals surface area contributed by atoms with Gasteiger partial charge in [0.1, 0.15) is 0 Å². The molecular formula is C20H33NO. The van der Waals surface area contributed by atoms with Crippen LogP contribution in [0.2, 0.25) is 0 Å². The largest absolute Gasteiger partial charge is 0.353 e. The van der Waals surface area contributed by atoms with Gasteiger partial charge in [0.15, 0.2) is 0 Å². The number of hydrogen-bond acceptors (Lipinski definition) is 1. The molecule has 0 radical (unpaired) electrons. The van der Waals surface area contributed by atoms with E-state index in [1.165, 1.54) is 70.6 Å². The van der Waals surface area contributed by atoms with Crippen molar-refractivity contribution in [1.29, 1.82) is 0 Å². The summed E-state index contributed by atoms with van der Waals surface area (Å²) in [4.78, 5) is 12.8. The first-order valence-corrected chi connectivity index (χ1v) is 9.77. The molecule has 0 aromatic heterocycles. The van der Waals surface area contributed by atoms with Crippen LogP contribution in [0.15, 0.2) is 0 Å². The van der Waals surface area contributed by atoms with E-state index in [0.29, 0.717) is 28.2 Å². The van der Waals surface area contributed by atoms with Gasteiger partial charge in [-0.2, -0.15) is 0 Å². The van der Waals surface area contributed by atoms with E-state index >= 15 is 0 Å². The Morgan fingerprint density at radius 3 is 2.14 bits per heavy atom. The van der Waals surface area contributed by atoms with Crippen LogP contribution in [0.3, 0.4) is 0 Å². The number of nitrogens with one attached hydrogen (secondary N) is 1. The lowest BCUT2D eigenvalue weighted by atomic mass is 9.57. The van der Waals surface area contributed by atoms with Crippen LogP contribution in [0.1, 0.15) is 90.9 Å². The fourth-order valence-corrected chi connectivity index (χ4v) is 6.70. The lowest BCUT2D eigenvalue weighted by Crippen LogP contribution is -2.56. The van der Waals surface area contributed by atoms with Gasteiger partial charge in [0, 0.05) is 12.5 Å². The first-order valence-electron chi connectivity index (χ1n) is 9.77. The summed E-state index contributed by atoms with van der Waals surface area (Å²) in [6.07, 6.45) is 15.5. The normalized spacial score (nSPS) is 41.4. The predicted octanol–water partition coefficient (Wildman–Crippen LogP) is 4.82. The Labute approximate surface area is 135 Å². The van der Waals surface area contributed by atoms with Gasteiger partial charge in [0.25, 0.3) is 0 Å². The summed E-state index contributed by atoms with van der Waals surface area (Å²) in [5.74, 6) is 1.24. The van der Waals surface area contributed by atoms with Crippen molar-refractivity contribution in [3.8, 4) is 0 Å². The zero-order valence-electron chi connectivity index (χ0n) is 14.5. The molecule has 1 unspecified atom stereocenters. The Bertz CT molecular complexity index is 452. The van der Waals surface area contributed by atoms with Gasteiger partial charge >= 0.3 is 0 Å². The van der Waals surface area contributed by atoms with Crippen molar-refractivity contribution in [3.05, 3.63) is 0 Å². The molecule has 1 atom stereocenters. The van der Waals surface area contributed by atoms with Crippen LogP contribution in [-0.4, -0.2) is 11.9 Å². The van der Waals surface area contributed by atoms with Crippen molar-refractivity contribution < 1.29 is 4.79 Å². The maximum Gasteiger partial charge on any atom is 0.220 e. The Morgan fingerprint density at radius 1 is 0.955 bits per heavy atom. The van der Waals surface area contributed by atoms with Crippen LogP contribution in [0.5, 0.6) is 0 Å². The number of amides is 1. The summed E-state index contributed by atoms with van der Waals surface area (Å²) in [6, 6.07) is 0.499. The summed E-state index contributed by atoms with van der Waals surface area (Å²) in [5.41, 5.74) is 1.19. The maximum absolute atomic E-state index is 12.8. The fraction of sp³-hybridized carbons (Fsp3) is 0.950. The van der Waals surface area contributed by atoms with E-state index in [1.807, 2.05) is 0 Å². The molecule has 4 aliphatic carbocycles. The Kier molecular flexibility index (Phi) is 3.40. The number of carbonyl (C=O) groups is 1. The third-order valence-corrected chi connectivity index (χ3v) is 8.68. The van der Waals surface area contributed by atoms with E-state index < -0.39 is 0 Å². The molecule has 0 aromatic rings. The highest BCUT2D eigenvalue weighted by atomic mass is 16.1. The summed E-state index contributed by atoms with van der Waals surface area (Å²) in [6.45, 7) is 4.86. The van der Waals surface area contributed by atoms with E-state index in [0.717, 1.165) is 12.3 Å². The molecule has 0 aliphatic heterocycles. The number of fused-ring (bicyclic) bond motifs is 2. The predicted molar refractivity (Wildman–Crippen MR) is 89.5 cm³/mol. The minimum atomic E-state index is 0.311. The van der Waals surface area contributed by atoms with Crippen molar-refractivity contribution in [2.45, 2.75) is 96.9 Å². The summed E-state index contributed by atoms with van der Waals surface area (Å²) in [7, 11) is 0. The fourth-order valence-electron chi connectivity index (χ4n) is 6.70. The third-order valence-electron chi connectivity index (χ3n) is 8.68. The van der Waals surface area contributed by atoms with Crippen LogP contribution in [-0.2, 0) is 4.79 Å². The quantitative estimate of drug-likeness (QED) is 0.795. The van der Waals surface area contributed by atoms with Crippen LogP contribution >= 0.6 is 0 Å². The summed E-state index contributed by atoms with van der Waals surface area (Å²) in [5, 5.41) is 3.48. The minimum absolute atomic E-state index is 0.311. The first-order chi connectivity index (χ1) is 10.5. The lowest BCUT2D eigenvalue weighted by molar-refractivity contribution is -0.128. The van der Waals surface area contributed by atoms with Crippen LogP contribution in [0.25, 0.3) is 0 Å². The van der Waals surface area contributed by atoms with Crippen molar-refractivity contribution in [1.82, 2.24) is 5.32 Å². The average molecular weight is 303 g/mol. The van der Waals surface area contributed by atoms with E-state index in [4.69, 9.17) is 0 Å². The number of hydrogen-bond donors (Lipinski definition) is 1. The molecule has 22 heavy (non-hydrogen) atoms. The van der Waals surface area contributed by atoms with E-state index in [9.17, 15) is 4.79 Å². The molecular weight excluding hydrogens is 270 g/mol. The monoisotopic (exact) mass is 303 g/mol. The molecule has 2 bridgehead atoms. The van der Waals surface area contributed by atoms with Crippen LogP contribution < -0.4 is 5.32 Å². The number of carbonyl (C=O) groups excluding carboxylic acids is 1. The highest BCUT2D eigenvalue weighted by Gasteiger charge is 2.59. The van der Waals surface area contributed by atoms with Gasteiger partial charge in [-0.3, -0.25) is 4.79 Å². The van der Waals surface area contributed by atoms with Crippen LogP contribution in [0, 0.1) is 22.2 Å². The molecule has 4 aliphatic rings. The van der Waals surface area contributed by atoms with Gasteiger partial charge < -0.3 is 5.32 Å². The molecule has 4 rings (SSSR count). The van der Waals surface area contributed by atoms with Crippen LogP contribution in [0.4, 0.5) is 0 Å².